The Morgan fingerprint density at radius 3 is 3.05 bits per heavy atom. The summed E-state index contributed by atoms with van der Waals surface area (Å²) < 4.78 is 10.3. The first-order valence-electron chi connectivity index (χ1n) is 7.09. The topological polar surface area (TPSA) is 57.2 Å². The van der Waals surface area contributed by atoms with Crippen molar-refractivity contribution in [1.29, 1.82) is 0 Å². The van der Waals surface area contributed by atoms with Crippen molar-refractivity contribution in [3.05, 3.63) is 34.2 Å². The lowest BCUT2D eigenvalue weighted by Gasteiger charge is -2.24. The molecule has 1 aliphatic heterocycles. The molecule has 0 spiro atoms. The van der Waals surface area contributed by atoms with E-state index >= 15 is 0 Å². The Labute approximate surface area is 140 Å². The second-order valence-corrected chi connectivity index (χ2v) is 6.42. The molecule has 3 aromatic rings. The van der Waals surface area contributed by atoms with Gasteiger partial charge in [-0.05, 0) is 47.3 Å². The Morgan fingerprint density at radius 1 is 1.32 bits per heavy atom. The summed E-state index contributed by atoms with van der Waals surface area (Å²) in [5, 5.41) is 9.17. The van der Waals surface area contributed by atoms with E-state index in [9.17, 15) is 0 Å². The second kappa shape index (κ2) is 5.64. The molecule has 6 nitrogen and oxygen atoms in total. The lowest BCUT2D eigenvalue weighted by Crippen LogP contribution is -2.20. The van der Waals surface area contributed by atoms with Crippen LogP contribution < -0.4 is 0 Å². The van der Waals surface area contributed by atoms with Gasteiger partial charge < -0.3 is 4.74 Å². The van der Waals surface area contributed by atoms with Crippen molar-refractivity contribution in [3.8, 4) is 11.4 Å². The number of nitrogens with zero attached hydrogens (tertiary/aromatic N) is 5. The van der Waals surface area contributed by atoms with E-state index in [2.05, 4.69) is 31.1 Å². The van der Waals surface area contributed by atoms with Crippen LogP contribution in [-0.2, 0) is 4.74 Å². The summed E-state index contributed by atoms with van der Waals surface area (Å²) in [5.41, 5.74) is 2.47. The third-order valence-electron chi connectivity index (χ3n) is 3.75. The van der Waals surface area contributed by atoms with Gasteiger partial charge in [0.1, 0.15) is 5.69 Å². The number of hydrogen-bond acceptors (Lipinski definition) is 4. The number of imidazole rings is 1. The summed E-state index contributed by atoms with van der Waals surface area (Å²) in [6.07, 6.45) is 6.72. The van der Waals surface area contributed by atoms with Gasteiger partial charge in [-0.15, -0.1) is 0 Å². The molecule has 0 bridgehead atoms. The van der Waals surface area contributed by atoms with Crippen LogP contribution in [0.15, 0.2) is 29.0 Å². The molecule has 3 aromatic heterocycles. The van der Waals surface area contributed by atoms with Crippen LogP contribution in [0.4, 0.5) is 0 Å². The highest BCUT2D eigenvalue weighted by atomic mass is 79.9. The van der Waals surface area contributed by atoms with Gasteiger partial charge in [-0.3, -0.25) is 0 Å². The van der Waals surface area contributed by atoms with Gasteiger partial charge in [0, 0.05) is 12.8 Å². The van der Waals surface area contributed by atoms with Gasteiger partial charge in [0.25, 0.3) is 0 Å². The van der Waals surface area contributed by atoms with Gasteiger partial charge in [-0.1, -0.05) is 11.6 Å². The molecule has 0 amide bonds. The van der Waals surface area contributed by atoms with Crippen LogP contribution in [-0.4, -0.2) is 31.0 Å². The highest BCUT2D eigenvalue weighted by Gasteiger charge is 2.22. The summed E-state index contributed by atoms with van der Waals surface area (Å²) >= 11 is 9.53. The summed E-state index contributed by atoms with van der Waals surface area (Å²) in [6, 6.07) is 3.67. The molecule has 114 valence electrons. The average Bonchev–Trinajstić information content (AvgIpc) is 3.14. The molecule has 0 radical (unpaired) electrons. The maximum absolute atomic E-state index is 6.07. The molecular weight excluding hydrogens is 370 g/mol. The predicted octanol–water partition coefficient (Wildman–Crippen LogP) is 3.71. The molecule has 1 saturated heterocycles. The first-order valence-corrected chi connectivity index (χ1v) is 8.26. The number of rotatable bonds is 2. The summed E-state index contributed by atoms with van der Waals surface area (Å²) in [5.74, 6) is 0. The number of aromatic nitrogens is 5. The largest absolute Gasteiger partial charge is 0.356 e. The van der Waals surface area contributed by atoms with Crippen molar-refractivity contribution >= 4 is 33.2 Å². The fourth-order valence-electron chi connectivity index (χ4n) is 2.74. The molecule has 0 aromatic carbocycles. The number of ether oxygens (including phenoxy) is 1. The first-order chi connectivity index (χ1) is 10.7. The Kier molecular flexibility index (Phi) is 3.63. The van der Waals surface area contributed by atoms with Gasteiger partial charge in [0.2, 0.25) is 0 Å². The molecule has 1 unspecified atom stereocenters. The molecule has 1 atom stereocenters. The summed E-state index contributed by atoms with van der Waals surface area (Å²) in [7, 11) is 0. The maximum Gasteiger partial charge on any atom is 0.168 e. The molecule has 0 saturated carbocycles. The van der Waals surface area contributed by atoms with E-state index in [0.717, 1.165) is 47.4 Å². The van der Waals surface area contributed by atoms with Crippen molar-refractivity contribution < 1.29 is 4.74 Å². The molecule has 0 aliphatic carbocycles. The molecule has 4 rings (SSSR count). The van der Waals surface area contributed by atoms with Crippen molar-refractivity contribution in [2.75, 3.05) is 6.61 Å². The smallest absolute Gasteiger partial charge is 0.168 e. The SMILES string of the molecule is Clc1cc(Br)c2ncc(-c3ccnn3C3CCCCO3)n2n1. The van der Waals surface area contributed by atoms with Crippen molar-refractivity contribution in [2.45, 2.75) is 25.5 Å². The van der Waals surface area contributed by atoms with Crippen LogP contribution in [0, 0.1) is 0 Å². The number of fused-ring (bicyclic) bond motifs is 1. The average molecular weight is 383 g/mol. The molecule has 1 fully saturated rings. The molecule has 22 heavy (non-hydrogen) atoms. The molecular formula is C14H13BrClN5O. The van der Waals surface area contributed by atoms with Crippen LogP contribution in [0.2, 0.25) is 5.15 Å². The van der Waals surface area contributed by atoms with Crippen molar-refractivity contribution in [2.24, 2.45) is 0 Å². The van der Waals surface area contributed by atoms with Crippen LogP contribution in [0.1, 0.15) is 25.5 Å². The standard InChI is InChI=1S/C14H13BrClN5O/c15-9-7-12(16)19-21-11(8-17-14(9)21)10-4-5-18-20(10)13-3-1-2-6-22-13/h4-5,7-8,13H,1-3,6H2. The van der Waals surface area contributed by atoms with E-state index in [1.165, 1.54) is 0 Å². The Morgan fingerprint density at radius 2 is 2.23 bits per heavy atom. The fraction of sp³-hybridized carbons (Fsp3) is 0.357. The minimum absolute atomic E-state index is 0.0353. The van der Waals surface area contributed by atoms with E-state index in [1.807, 2.05) is 10.7 Å². The Hall–Kier alpha value is -1.44. The van der Waals surface area contributed by atoms with Crippen molar-refractivity contribution in [1.82, 2.24) is 24.4 Å². The zero-order valence-electron chi connectivity index (χ0n) is 11.6. The van der Waals surface area contributed by atoms with E-state index in [1.54, 1.807) is 23.0 Å². The Bertz CT molecular complexity index is 824. The van der Waals surface area contributed by atoms with Gasteiger partial charge in [0.05, 0.1) is 16.4 Å². The lowest BCUT2D eigenvalue weighted by molar-refractivity contribution is -0.0384. The number of halogens is 2. The monoisotopic (exact) mass is 381 g/mol. The normalized spacial score (nSPS) is 18.9. The second-order valence-electron chi connectivity index (χ2n) is 5.18. The van der Waals surface area contributed by atoms with E-state index in [0.29, 0.717) is 5.15 Å². The summed E-state index contributed by atoms with van der Waals surface area (Å²) in [4.78, 5) is 4.41. The van der Waals surface area contributed by atoms with Crippen LogP contribution >= 0.6 is 27.5 Å². The highest BCUT2D eigenvalue weighted by Crippen LogP contribution is 2.30. The first kappa shape index (κ1) is 14.2. The van der Waals surface area contributed by atoms with Crippen LogP contribution in [0.3, 0.4) is 0 Å². The summed E-state index contributed by atoms with van der Waals surface area (Å²) in [6.45, 7) is 0.771. The van der Waals surface area contributed by atoms with Crippen molar-refractivity contribution in [3.63, 3.8) is 0 Å². The van der Waals surface area contributed by atoms with E-state index < -0.39 is 0 Å². The number of hydrogen-bond donors (Lipinski definition) is 0. The van der Waals surface area contributed by atoms with Crippen LogP contribution in [0.5, 0.6) is 0 Å². The Balaban J connectivity index is 1.84. The zero-order valence-corrected chi connectivity index (χ0v) is 14.0. The van der Waals surface area contributed by atoms with Gasteiger partial charge in [-0.2, -0.15) is 10.2 Å². The van der Waals surface area contributed by atoms with Gasteiger partial charge in [0.15, 0.2) is 17.0 Å². The maximum atomic E-state index is 6.07. The molecule has 1 aliphatic rings. The van der Waals surface area contributed by atoms with Gasteiger partial charge in [-0.25, -0.2) is 14.2 Å². The fourth-order valence-corrected chi connectivity index (χ4v) is 3.54. The zero-order chi connectivity index (χ0) is 15.1. The third kappa shape index (κ3) is 2.33. The molecule has 4 heterocycles. The van der Waals surface area contributed by atoms with Crippen LogP contribution in [0.25, 0.3) is 17.0 Å². The molecule has 8 heteroatoms. The third-order valence-corrected chi connectivity index (χ3v) is 4.52. The van der Waals surface area contributed by atoms with E-state index in [4.69, 9.17) is 16.3 Å². The highest BCUT2D eigenvalue weighted by molar-refractivity contribution is 9.10. The van der Waals surface area contributed by atoms with Gasteiger partial charge >= 0.3 is 0 Å². The lowest BCUT2D eigenvalue weighted by atomic mass is 10.2. The predicted molar refractivity (Wildman–Crippen MR) is 85.8 cm³/mol. The minimum atomic E-state index is -0.0353. The quantitative estimate of drug-likeness (QED) is 0.678. The minimum Gasteiger partial charge on any atom is -0.356 e. The van der Waals surface area contributed by atoms with E-state index in [-0.39, 0.29) is 6.23 Å². The molecule has 0 N–H and O–H groups in total.